The van der Waals surface area contributed by atoms with Gasteiger partial charge >= 0.3 is 0 Å². The third-order valence-corrected chi connectivity index (χ3v) is 5.19. The number of halogens is 1. The Morgan fingerprint density at radius 1 is 1.23 bits per heavy atom. The van der Waals surface area contributed by atoms with Crippen LogP contribution in [0, 0.1) is 0 Å². The summed E-state index contributed by atoms with van der Waals surface area (Å²) in [5, 5.41) is 3.44. The Morgan fingerprint density at radius 2 is 2.00 bits per heavy atom. The fourth-order valence-corrected chi connectivity index (χ4v) is 3.50. The molecule has 26 heavy (non-hydrogen) atoms. The largest absolute Gasteiger partial charge is 0.495 e. The third kappa shape index (κ3) is 4.26. The van der Waals surface area contributed by atoms with Gasteiger partial charge in [-0.2, -0.15) is 0 Å². The number of nitrogens with one attached hydrogen (secondary N) is 2. The van der Waals surface area contributed by atoms with Crippen LogP contribution in [0.3, 0.4) is 0 Å². The summed E-state index contributed by atoms with van der Waals surface area (Å²) < 4.78 is 5.14. The zero-order valence-corrected chi connectivity index (χ0v) is 15.8. The van der Waals surface area contributed by atoms with Crippen LogP contribution in [0.4, 0.5) is 5.69 Å². The fourth-order valence-electron chi connectivity index (χ4n) is 3.24. The minimum Gasteiger partial charge on any atom is -0.495 e. The van der Waals surface area contributed by atoms with Crippen molar-refractivity contribution in [3.05, 3.63) is 65.2 Å². The van der Waals surface area contributed by atoms with Gasteiger partial charge in [0.1, 0.15) is 5.75 Å². The number of carbonyl (C=O) groups excluding carboxylic acids is 1. The van der Waals surface area contributed by atoms with E-state index < -0.39 is 0 Å². The number of hydrogen-bond donors (Lipinski definition) is 2. The number of ether oxygens (including phenoxy) is 1. The molecule has 1 unspecified atom stereocenters. The van der Waals surface area contributed by atoms with Crippen LogP contribution in [0.15, 0.2) is 54.6 Å². The number of carbonyl (C=O) groups is 1. The topological polar surface area (TPSA) is 42.8 Å². The van der Waals surface area contributed by atoms with Crippen LogP contribution in [0.25, 0.3) is 5.57 Å². The van der Waals surface area contributed by atoms with Gasteiger partial charge in [0.25, 0.3) is 5.91 Å². The molecule has 0 saturated carbocycles. The van der Waals surface area contributed by atoms with E-state index in [1.165, 1.54) is 16.0 Å². The normalized spacial score (nSPS) is 18.0. The van der Waals surface area contributed by atoms with E-state index in [0.29, 0.717) is 16.5 Å². The van der Waals surface area contributed by atoms with Gasteiger partial charge in [0, 0.05) is 12.1 Å². The second-order valence-corrected chi connectivity index (χ2v) is 6.93. The maximum Gasteiger partial charge on any atom is 0.282 e. The molecular formula is C21H24ClN2O2+. The Kier molecular flexibility index (Phi) is 5.96. The van der Waals surface area contributed by atoms with Crippen LogP contribution in [-0.4, -0.2) is 32.1 Å². The second kappa shape index (κ2) is 8.39. The third-order valence-electron chi connectivity index (χ3n) is 4.90. The molecule has 2 aromatic carbocycles. The van der Waals surface area contributed by atoms with Crippen molar-refractivity contribution >= 4 is 28.8 Å². The summed E-state index contributed by atoms with van der Waals surface area (Å²) in [5.74, 6) is 0.593. The van der Waals surface area contributed by atoms with Crippen LogP contribution in [-0.2, 0) is 4.79 Å². The molecule has 0 aliphatic carbocycles. The van der Waals surface area contributed by atoms with Gasteiger partial charge in [0.05, 0.1) is 25.2 Å². The molecule has 0 fully saturated rings. The number of anilines is 1. The Morgan fingerprint density at radius 3 is 2.62 bits per heavy atom. The molecule has 2 atom stereocenters. The van der Waals surface area contributed by atoms with Crippen molar-refractivity contribution in [3.63, 3.8) is 0 Å². The van der Waals surface area contributed by atoms with E-state index in [2.05, 4.69) is 35.7 Å². The SMILES string of the molecule is COc1ccc(NC(=O)[C@H](C)[NH+]2CC=C(c3ccccc3)CC2)cc1Cl. The Hall–Kier alpha value is -2.30. The molecule has 0 saturated heterocycles. The molecule has 2 N–H and O–H groups in total. The van der Waals surface area contributed by atoms with Gasteiger partial charge < -0.3 is 15.0 Å². The lowest BCUT2D eigenvalue weighted by molar-refractivity contribution is -0.909. The lowest BCUT2D eigenvalue weighted by Gasteiger charge is -2.28. The number of quaternary nitrogens is 1. The average molecular weight is 372 g/mol. The maximum atomic E-state index is 12.6. The Labute approximate surface area is 159 Å². The van der Waals surface area contributed by atoms with Gasteiger partial charge in [-0.25, -0.2) is 0 Å². The van der Waals surface area contributed by atoms with Crippen molar-refractivity contribution in [1.29, 1.82) is 0 Å². The molecule has 1 heterocycles. The number of amides is 1. The minimum atomic E-state index is -0.135. The van der Waals surface area contributed by atoms with Crippen LogP contribution >= 0.6 is 11.6 Å². The molecule has 2 aromatic rings. The highest BCUT2D eigenvalue weighted by Gasteiger charge is 2.27. The van der Waals surface area contributed by atoms with Crippen LogP contribution in [0.5, 0.6) is 5.75 Å². The first-order valence-corrected chi connectivity index (χ1v) is 9.19. The highest BCUT2D eigenvalue weighted by molar-refractivity contribution is 6.32. The molecule has 136 valence electrons. The van der Waals surface area contributed by atoms with E-state index in [-0.39, 0.29) is 11.9 Å². The molecule has 1 aliphatic heterocycles. The quantitative estimate of drug-likeness (QED) is 0.848. The molecule has 5 heteroatoms. The number of benzene rings is 2. The smallest absolute Gasteiger partial charge is 0.282 e. The predicted octanol–water partition coefficient (Wildman–Crippen LogP) is 3.05. The van der Waals surface area contributed by atoms with Gasteiger partial charge in [0.15, 0.2) is 6.04 Å². The van der Waals surface area contributed by atoms with Crippen molar-refractivity contribution in [1.82, 2.24) is 0 Å². The molecule has 0 spiro atoms. The lowest BCUT2D eigenvalue weighted by Crippen LogP contribution is -3.17. The molecule has 4 nitrogen and oxygen atoms in total. The average Bonchev–Trinajstić information content (AvgIpc) is 2.68. The highest BCUT2D eigenvalue weighted by atomic mass is 35.5. The van der Waals surface area contributed by atoms with E-state index in [1.54, 1.807) is 25.3 Å². The van der Waals surface area contributed by atoms with Gasteiger partial charge in [0.2, 0.25) is 0 Å². The molecule has 0 aromatic heterocycles. The van der Waals surface area contributed by atoms with Gasteiger partial charge in [-0.3, -0.25) is 4.79 Å². The molecule has 1 amide bonds. The number of hydrogen-bond acceptors (Lipinski definition) is 2. The standard InChI is InChI=1S/C21H23ClN2O2/c1-15(21(25)23-18-8-9-20(26-2)19(22)14-18)24-12-10-17(11-13-24)16-6-4-3-5-7-16/h3-10,14-15H,11-13H2,1-2H3,(H,23,25)/p+1/t15-/m0/s1. The molecule has 0 bridgehead atoms. The summed E-state index contributed by atoms with van der Waals surface area (Å²) in [6.45, 7) is 3.76. The molecule has 3 rings (SSSR count). The Bertz CT molecular complexity index is 805. The van der Waals surface area contributed by atoms with Crippen molar-refractivity contribution in [3.8, 4) is 5.75 Å². The summed E-state index contributed by atoms with van der Waals surface area (Å²) in [5.41, 5.74) is 3.32. The van der Waals surface area contributed by atoms with E-state index >= 15 is 0 Å². The summed E-state index contributed by atoms with van der Waals surface area (Å²) in [7, 11) is 1.57. The van der Waals surface area contributed by atoms with Crippen molar-refractivity contribution in [2.45, 2.75) is 19.4 Å². The summed E-state index contributed by atoms with van der Waals surface area (Å²) in [4.78, 5) is 13.9. The summed E-state index contributed by atoms with van der Waals surface area (Å²) >= 11 is 6.13. The second-order valence-electron chi connectivity index (χ2n) is 6.52. The van der Waals surface area contributed by atoms with Crippen LogP contribution < -0.4 is 15.0 Å². The Balaban J connectivity index is 1.61. The monoisotopic (exact) mass is 371 g/mol. The highest BCUT2D eigenvalue weighted by Crippen LogP contribution is 2.27. The number of rotatable bonds is 5. The van der Waals surface area contributed by atoms with Crippen LogP contribution in [0.2, 0.25) is 5.02 Å². The maximum absolute atomic E-state index is 12.6. The first kappa shape index (κ1) is 18.5. The predicted molar refractivity (Wildman–Crippen MR) is 106 cm³/mol. The molecular weight excluding hydrogens is 348 g/mol. The first-order valence-electron chi connectivity index (χ1n) is 8.82. The zero-order chi connectivity index (χ0) is 18.5. The van der Waals surface area contributed by atoms with E-state index in [9.17, 15) is 4.79 Å². The zero-order valence-electron chi connectivity index (χ0n) is 15.1. The van der Waals surface area contributed by atoms with E-state index in [4.69, 9.17) is 16.3 Å². The number of methoxy groups -OCH3 is 1. The fraction of sp³-hybridized carbons (Fsp3) is 0.286. The van der Waals surface area contributed by atoms with Gasteiger partial charge in [-0.05, 0) is 42.3 Å². The van der Waals surface area contributed by atoms with Gasteiger partial charge in [-0.15, -0.1) is 0 Å². The first-order chi connectivity index (χ1) is 12.6. The van der Waals surface area contributed by atoms with Crippen molar-refractivity contribution < 1.29 is 14.4 Å². The van der Waals surface area contributed by atoms with Crippen molar-refractivity contribution in [2.75, 3.05) is 25.5 Å². The van der Waals surface area contributed by atoms with E-state index in [0.717, 1.165) is 19.5 Å². The minimum absolute atomic E-state index is 0.00204. The summed E-state index contributed by atoms with van der Waals surface area (Å²) in [6.07, 6.45) is 3.23. The van der Waals surface area contributed by atoms with Crippen LogP contribution in [0.1, 0.15) is 18.9 Å². The molecule has 1 aliphatic rings. The van der Waals surface area contributed by atoms with Crippen molar-refractivity contribution in [2.24, 2.45) is 0 Å². The summed E-state index contributed by atoms with van der Waals surface area (Å²) in [6, 6.07) is 15.6. The molecule has 0 radical (unpaired) electrons. The lowest BCUT2D eigenvalue weighted by atomic mass is 9.99. The van der Waals surface area contributed by atoms with Gasteiger partial charge in [-0.1, -0.05) is 41.9 Å². The van der Waals surface area contributed by atoms with E-state index in [1.807, 2.05) is 13.0 Å².